The Balaban J connectivity index is 1.33. The highest BCUT2D eigenvalue weighted by molar-refractivity contribution is 6.30. The Kier molecular flexibility index (Phi) is 5.89. The van der Waals surface area contributed by atoms with Crippen molar-refractivity contribution in [1.82, 2.24) is 25.1 Å². The van der Waals surface area contributed by atoms with Crippen molar-refractivity contribution < 1.29 is 14.3 Å². The molecule has 2 aromatic carbocycles. The fourth-order valence-corrected chi connectivity index (χ4v) is 3.15. The summed E-state index contributed by atoms with van der Waals surface area (Å²) in [5.41, 5.74) is 1.22. The number of aromatic nitrogens is 4. The highest BCUT2D eigenvalue weighted by atomic mass is 35.5. The maximum Gasteiger partial charge on any atom is 0.295 e. The minimum absolute atomic E-state index is 0.0774. The normalized spacial score (nSPS) is 13.3. The number of benzene rings is 2. The van der Waals surface area contributed by atoms with Gasteiger partial charge in [0, 0.05) is 23.8 Å². The molecule has 1 N–H and O–H groups in total. The summed E-state index contributed by atoms with van der Waals surface area (Å²) < 4.78 is 5.42. The summed E-state index contributed by atoms with van der Waals surface area (Å²) in [5, 5.41) is 15.3. The van der Waals surface area contributed by atoms with Gasteiger partial charge in [-0.3, -0.25) is 9.59 Å². The second-order valence-electron chi connectivity index (χ2n) is 6.74. The average molecular weight is 427 g/mol. The molecule has 9 nitrogen and oxygen atoms in total. The molecular formula is C20H19ClN6O3. The molecule has 2 amide bonds. The monoisotopic (exact) mass is 426 g/mol. The number of nitrogens with zero attached hydrogens (tertiary/aromatic N) is 5. The molecule has 1 aromatic heterocycles. The Labute approximate surface area is 177 Å². The van der Waals surface area contributed by atoms with E-state index in [9.17, 15) is 9.59 Å². The molecule has 0 unspecified atom stereocenters. The second kappa shape index (κ2) is 8.91. The lowest BCUT2D eigenvalue weighted by Crippen LogP contribution is -2.28. The van der Waals surface area contributed by atoms with Gasteiger partial charge in [0.2, 0.25) is 0 Å². The van der Waals surface area contributed by atoms with Gasteiger partial charge in [-0.1, -0.05) is 11.6 Å². The summed E-state index contributed by atoms with van der Waals surface area (Å²) in [4.78, 5) is 27.4. The number of hydrogen-bond donors (Lipinski definition) is 1. The third kappa shape index (κ3) is 4.74. The van der Waals surface area contributed by atoms with Crippen LogP contribution in [0.15, 0.2) is 48.5 Å². The van der Waals surface area contributed by atoms with Crippen molar-refractivity contribution in [1.29, 1.82) is 0 Å². The summed E-state index contributed by atoms with van der Waals surface area (Å²) in [6.45, 7) is 1.32. The van der Waals surface area contributed by atoms with Crippen molar-refractivity contribution in [3.05, 3.63) is 59.4 Å². The largest absolute Gasteiger partial charge is 0.484 e. The summed E-state index contributed by atoms with van der Waals surface area (Å²) in [6, 6.07) is 13.6. The van der Waals surface area contributed by atoms with Crippen LogP contribution in [0.2, 0.25) is 5.02 Å². The Bertz CT molecular complexity index is 1030. The van der Waals surface area contributed by atoms with E-state index in [1.807, 2.05) is 0 Å². The summed E-state index contributed by atoms with van der Waals surface area (Å²) in [7, 11) is 0. The molecule has 1 saturated heterocycles. The molecule has 0 bridgehead atoms. The molecule has 0 spiro atoms. The van der Waals surface area contributed by atoms with Gasteiger partial charge in [-0.2, -0.15) is 0 Å². The minimum Gasteiger partial charge on any atom is -0.484 e. The van der Waals surface area contributed by atoms with Crippen molar-refractivity contribution in [2.24, 2.45) is 0 Å². The van der Waals surface area contributed by atoms with E-state index < -0.39 is 0 Å². The number of anilines is 1. The number of tetrazole rings is 1. The van der Waals surface area contributed by atoms with Gasteiger partial charge in [-0.25, -0.2) is 0 Å². The van der Waals surface area contributed by atoms with Crippen LogP contribution in [-0.4, -0.2) is 56.6 Å². The molecule has 3 aromatic rings. The Morgan fingerprint density at radius 2 is 1.73 bits per heavy atom. The van der Waals surface area contributed by atoms with Crippen LogP contribution in [0.25, 0.3) is 5.69 Å². The first-order valence-corrected chi connectivity index (χ1v) is 9.84. The van der Waals surface area contributed by atoms with Gasteiger partial charge in [0.15, 0.2) is 6.61 Å². The number of carbonyl (C=O) groups excluding carboxylic acids is 2. The zero-order valence-electron chi connectivity index (χ0n) is 16.0. The molecule has 0 atom stereocenters. The van der Waals surface area contributed by atoms with Crippen molar-refractivity contribution >= 4 is 29.1 Å². The quantitative estimate of drug-likeness (QED) is 0.650. The van der Waals surface area contributed by atoms with E-state index in [2.05, 4.69) is 20.7 Å². The molecule has 2 heterocycles. The molecule has 0 radical (unpaired) electrons. The number of halogens is 1. The highest BCUT2D eigenvalue weighted by Crippen LogP contribution is 2.16. The van der Waals surface area contributed by atoms with Crippen LogP contribution in [0.1, 0.15) is 23.5 Å². The van der Waals surface area contributed by atoms with Gasteiger partial charge in [0.25, 0.3) is 17.6 Å². The van der Waals surface area contributed by atoms with Crippen LogP contribution in [0.3, 0.4) is 0 Å². The Morgan fingerprint density at radius 3 is 2.43 bits per heavy atom. The van der Waals surface area contributed by atoms with E-state index in [0.717, 1.165) is 25.9 Å². The number of carbonyl (C=O) groups is 2. The second-order valence-corrected chi connectivity index (χ2v) is 7.18. The van der Waals surface area contributed by atoms with Crippen LogP contribution in [-0.2, 0) is 4.79 Å². The molecule has 0 saturated carbocycles. The fourth-order valence-electron chi connectivity index (χ4n) is 3.03. The van der Waals surface area contributed by atoms with E-state index in [1.165, 1.54) is 4.80 Å². The maximum absolute atomic E-state index is 12.3. The summed E-state index contributed by atoms with van der Waals surface area (Å²) >= 11 is 5.82. The zero-order valence-corrected chi connectivity index (χ0v) is 16.7. The van der Waals surface area contributed by atoms with Crippen molar-refractivity contribution in [3.8, 4) is 11.4 Å². The van der Waals surface area contributed by atoms with E-state index in [-0.39, 0.29) is 24.2 Å². The lowest BCUT2D eigenvalue weighted by atomic mass is 10.3. The first kappa shape index (κ1) is 19.8. The van der Waals surface area contributed by atoms with Crippen molar-refractivity contribution in [2.45, 2.75) is 12.8 Å². The van der Waals surface area contributed by atoms with Crippen LogP contribution in [0, 0.1) is 0 Å². The van der Waals surface area contributed by atoms with Crippen LogP contribution >= 0.6 is 11.6 Å². The van der Waals surface area contributed by atoms with Crippen LogP contribution in [0.5, 0.6) is 5.75 Å². The molecule has 30 heavy (non-hydrogen) atoms. The first-order valence-electron chi connectivity index (χ1n) is 9.46. The average Bonchev–Trinajstić information content (AvgIpc) is 3.46. The van der Waals surface area contributed by atoms with Crippen LogP contribution in [0.4, 0.5) is 5.69 Å². The number of nitrogens with one attached hydrogen (secondary N) is 1. The summed E-state index contributed by atoms with van der Waals surface area (Å²) in [5.74, 6) is 0.133. The lowest BCUT2D eigenvalue weighted by Gasteiger charge is -2.11. The smallest absolute Gasteiger partial charge is 0.295 e. The van der Waals surface area contributed by atoms with E-state index in [1.54, 1.807) is 53.4 Å². The minimum atomic E-state index is -0.296. The predicted molar refractivity (Wildman–Crippen MR) is 110 cm³/mol. The van der Waals surface area contributed by atoms with Gasteiger partial charge in [-0.15, -0.1) is 15.0 Å². The standard InChI is InChI=1S/C20H19ClN6O3/c21-14-3-9-17(10-4-14)30-13-18(28)22-15-5-7-16(8-6-15)27-24-19(23-25-27)20(29)26-11-1-2-12-26/h3-10H,1-2,11-13H2,(H,22,28). The molecule has 0 aliphatic carbocycles. The maximum atomic E-state index is 12.3. The third-order valence-corrected chi connectivity index (χ3v) is 4.82. The number of rotatable bonds is 6. The van der Waals surface area contributed by atoms with Gasteiger partial charge >= 0.3 is 0 Å². The molecule has 1 aliphatic heterocycles. The number of likely N-dealkylation sites (tertiary alicyclic amines) is 1. The van der Waals surface area contributed by atoms with Crippen molar-refractivity contribution in [3.63, 3.8) is 0 Å². The van der Waals surface area contributed by atoms with Crippen molar-refractivity contribution in [2.75, 3.05) is 25.0 Å². The third-order valence-electron chi connectivity index (χ3n) is 4.56. The molecule has 10 heteroatoms. The Hall–Kier alpha value is -3.46. The molecule has 1 aliphatic rings. The Morgan fingerprint density at radius 1 is 1.03 bits per heavy atom. The lowest BCUT2D eigenvalue weighted by molar-refractivity contribution is -0.118. The van der Waals surface area contributed by atoms with E-state index >= 15 is 0 Å². The predicted octanol–water partition coefficient (Wildman–Crippen LogP) is 2.57. The molecular weight excluding hydrogens is 408 g/mol. The SMILES string of the molecule is O=C(COc1ccc(Cl)cc1)Nc1ccc(-n2nnc(C(=O)N3CCCC3)n2)cc1. The van der Waals surface area contributed by atoms with Crippen LogP contribution < -0.4 is 10.1 Å². The molecule has 1 fully saturated rings. The van der Waals surface area contributed by atoms with Gasteiger partial charge in [-0.05, 0) is 66.6 Å². The highest BCUT2D eigenvalue weighted by Gasteiger charge is 2.23. The zero-order chi connectivity index (χ0) is 20.9. The topological polar surface area (TPSA) is 102 Å². The number of amides is 2. The van der Waals surface area contributed by atoms with Gasteiger partial charge in [0.1, 0.15) is 5.75 Å². The fraction of sp³-hybridized carbons (Fsp3) is 0.250. The van der Waals surface area contributed by atoms with E-state index in [0.29, 0.717) is 22.1 Å². The molecule has 154 valence electrons. The van der Waals surface area contributed by atoms with Gasteiger partial charge < -0.3 is 15.0 Å². The first-order chi connectivity index (χ1) is 14.6. The van der Waals surface area contributed by atoms with E-state index in [4.69, 9.17) is 16.3 Å². The number of hydrogen-bond acceptors (Lipinski definition) is 6. The summed E-state index contributed by atoms with van der Waals surface area (Å²) in [6.07, 6.45) is 2.00. The van der Waals surface area contributed by atoms with Gasteiger partial charge in [0.05, 0.1) is 5.69 Å². The molecule has 4 rings (SSSR count). The number of ether oxygens (including phenoxy) is 1.